The smallest absolute Gasteiger partial charge is 0.0124 e. The van der Waals surface area contributed by atoms with Crippen LogP contribution < -0.4 is 0 Å². The maximum Gasteiger partial charge on any atom is 0.0124 e. The van der Waals surface area contributed by atoms with Crippen LogP contribution in [0.1, 0.15) is 47.1 Å². The van der Waals surface area contributed by atoms with Crippen molar-refractivity contribution in [3.8, 4) is 0 Å². The Labute approximate surface area is 151 Å². The molecule has 0 fully saturated rings. The summed E-state index contributed by atoms with van der Waals surface area (Å²) < 4.78 is 0. The van der Waals surface area contributed by atoms with E-state index in [0.717, 1.165) is 18.4 Å². The fourth-order valence-corrected chi connectivity index (χ4v) is 3.17. The minimum Gasteiger partial charge on any atom is -0.0830 e. The Bertz CT molecular complexity index is 810. The van der Waals surface area contributed by atoms with Gasteiger partial charge in [-0.15, -0.1) is 0 Å². The Hall–Kier alpha value is -2.60. The van der Waals surface area contributed by atoms with Crippen LogP contribution in [0, 0.1) is 6.92 Å². The first-order valence-corrected chi connectivity index (χ1v) is 8.98. The monoisotopic (exact) mass is 325 g/mol. The molecule has 3 rings (SSSR count). The molecular weight excluding hydrogens is 300 g/mol. The van der Waals surface area contributed by atoms with Gasteiger partial charge in [0.25, 0.3) is 0 Å². The van der Waals surface area contributed by atoms with Crippen LogP contribution >= 0.6 is 0 Å². The summed E-state index contributed by atoms with van der Waals surface area (Å²) in [6.07, 6.45) is 6.54. The van der Waals surface area contributed by atoms with Crippen molar-refractivity contribution >= 4 is 6.08 Å². The molecule has 0 saturated carbocycles. The highest BCUT2D eigenvalue weighted by atomic mass is 14.2. The van der Waals surface area contributed by atoms with E-state index in [4.69, 9.17) is 0 Å². The molecule has 1 atom stereocenters. The van der Waals surface area contributed by atoms with Crippen molar-refractivity contribution in [2.24, 2.45) is 0 Å². The fourth-order valence-electron chi connectivity index (χ4n) is 3.17. The zero-order chi connectivity index (χ0) is 17.5. The van der Waals surface area contributed by atoms with Gasteiger partial charge in [0.2, 0.25) is 0 Å². The Balaban J connectivity index is 1.83. The highest BCUT2D eigenvalue weighted by Gasteiger charge is 2.12. The van der Waals surface area contributed by atoms with E-state index in [0.29, 0.717) is 5.92 Å². The largest absolute Gasteiger partial charge is 0.0830 e. The van der Waals surface area contributed by atoms with Crippen molar-refractivity contribution in [3.63, 3.8) is 0 Å². The molecule has 0 aliphatic rings. The molecule has 0 N–H and O–H groups in total. The summed E-state index contributed by atoms with van der Waals surface area (Å²) in [5, 5.41) is 0. The Morgan fingerprint density at radius 3 is 2.24 bits per heavy atom. The van der Waals surface area contributed by atoms with E-state index in [2.05, 4.69) is 98.8 Å². The summed E-state index contributed by atoms with van der Waals surface area (Å²) >= 11 is 0. The van der Waals surface area contributed by atoms with E-state index in [1.807, 2.05) is 6.07 Å². The molecule has 0 aliphatic carbocycles. The lowest BCUT2D eigenvalue weighted by Gasteiger charge is -2.17. The van der Waals surface area contributed by atoms with Gasteiger partial charge in [-0.25, -0.2) is 0 Å². The first-order valence-electron chi connectivity index (χ1n) is 8.98. The molecule has 0 aromatic heterocycles. The highest BCUT2D eigenvalue weighted by molar-refractivity contribution is 5.51. The first kappa shape index (κ1) is 17.2. The van der Waals surface area contributed by atoms with Gasteiger partial charge in [-0.2, -0.15) is 0 Å². The normalized spacial score (nSPS) is 12.4. The molecule has 1 radical (unpaired) electrons. The van der Waals surface area contributed by atoms with Gasteiger partial charge in [0, 0.05) is 5.92 Å². The Morgan fingerprint density at radius 1 is 0.840 bits per heavy atom. The maximum absolute atomic E-state index is 4.00. The van der Waals surface area contributed by atoms with Crippen LogP contribution in [0.5, 0.6) is 0 Å². The molecule has 3 aromatic carbocycles. The van der Waals surface area contributed by atoms with E-state index < -0.39 is 0 Å². The average molecular weight is 325 g/mol. The van der Waals surface area contributed by atoms with Gasteiger partial charge < -0.3 is 0 Å². The topological polar surface area (TPSA) is 0 Å². The van der Waals surface area contributed by atoms with E-state index in [1.54, 1.807) is 0 Å². The van der Waals surface area contributed by atoms with E-state index in [9.17, 15) is 0 Å². The number of hydrogen-bond acceptors (Lipinski definition) is 0. The van der Waals surface area contributed by atoms with Crippen molar-refractivity contribution in [3.05, 3.63) is 120 Å². The van der Waals surface area contributed by atoms with Gasteiger partial charge >= 0.3 is 0 Å². The second-order valence-electron chi connectivity index (χ2n) is 6.44. The second kappa shape index (κ2) is 8.48. The van der Waals surface area contributed by atoms with Crippen LogP contribution in [0.3, 0.4) is 0 Å². The lowest BCUT2D eigenvalue weighted by Crippen LogP contribution is -2.00. The summed E-state index contributed by atoms with van der Waals surface area (Å²) in [5.41, 5.74) is 6.39. The highest BCUT2D eigenvalue weighted by Crippen LogP contribution is 2.29. The predicted octanol–water partition coefficient (Wildman–Crippen LogP) is 6.67. The van der Waals surface area contributed by atoms with Crippen molar-refractivity contribution < 1.29 is 0 Å². The molecule has 125 valence electrons. The molecule has 0 amide bonds. The third-order valence-corrected chi connectivity index (χ3v) is 4.63. The molecule has 1 unspecified atom stereocenters. The van der Waals surface area contributed by atoms with Gasteiger partial charge in [-0.05, 0) is 47.6 Å². The lowest BCUT2D eigenvalue weighted by atomic mass is 9.87. The maximum atomic E-state index is 4.00. The quantitative estimate of drug-likeness (QED) is 0.475. The van der Waals surface area contributed by atoms with Crippen molar-refractivity contribution in [1.82, 2.24) is 0 Å². The molecule has 25 heavy (non-hydrogen) atoms. The second-order valence-corrected chi connectivity index (χ2v) is 6.44. The van der Waals surface area contributed by atoms with Crippen molar-refractivity contribution in [2.75, 3.05) is 0 Å². The van der Waals surface area contributed by atoms with Crippen LogP contribution in [-0.4, -0.2) is 0 Å². The minimum absolute atomic E-state index is 0.381. The molecule has 0 heterocycles. The molecule has 0 bridgehead atoms. The Kier molecular flexibility index (Phi) is 5.85. The summed E-state index contributed by atoms with van der Waals surface area (Å²) in [5.74, 6) is 0.381. The number of allylic oxidation sites excluding steroid dienone is 1. The summed E-state index contributed by atoms with van der Waals surface area (Å²) in [4.78, 5) is 0. The van der Waals surface area contributed by atoms with E-state index in [1.165, 1.54) is 22.3 Å². The van der Waals surface area contributed by atoms with E-state index >= 15 is 0 Å². The molecule has 0 spiro atoms. The van der Waals surface area contributed by atoms with Gasteiger partial charge in [0.15, 0.2) is 0 Å². The van der Waals surface area contributed by atoms with Crippen LogP contribution in [0.15, 0.2) is 84.9 Å². The average Bonchev–Trinajstić information content (AvgIpc) is 2.66. The number of aryl methyl sites for hydroxylation is 1. The zero-order valence-corrected chi connectivity index (χ0v) is 14.9. The summed E-state index contributed by atoms with van der Waals surface area (Å²) in [7, 11) is 0. The lowest BCUT2D eigenvalue weighted by molar-refractivity contribution is 0.830. The fraction of sp³-hybridized carbons (Fsp3) is 0.160. The molecule has 3 aromatic rings. The third-order valence-electron chi connectivity index (χ3n) is 4.63. The van der Waals surface area contributed by atoms with E-state index in [-0.39, 0.29) is 0 Å². The molecule has 0 nitrogen and oxygen atoms in total. The van der Waals surface area contributed by atoms with Gasteiger partial charge in [0.1, 0.15) is 0 Å². The summed E-state index contributed by atoms with van der Waals surface area (Å²) in [6.45, 7) is 6.20. The van der Waals surface area contributed by atoms with Crippen LogP contribution in [0.4, 0.5) is 0 Å². The van der Waals surface area contributed by atoms with Gasteiger partial charge in [-0.3, -0.25) is 0 Å². The number of hydrogen-bond donors (Lipinski definition) is 0. The van der Waals surface area contributed by atoms with Crippen LogP contribution in [0.25, 0.3) is 6.08 Å². The molecule has 0 heteroatoms. The number of benzene rings is 3. The predicted molar refractivity (Wildman–Crippen MR) is 109 cm³/mol. The van der Waals surface area contributed by atoms with Gasteiger partial charge in [0.05, 0.1) is 0 Å². The molecule has 0 aliphatic heterocycles. The number of rotatable bonds is 6. The van der Waals surface area contributed by atoms with Gasteiger partial charge in [-0.1, -0.05) is 97.9 Å². The standard InChI is InChI=1S/C25H25/c1-3-21-15-17-24(18-16-21)25(23-12-5-4-6-13-23)14-8-11-22-10-7-9-20(2)19-22/h4-13,15-19,25H,2-3,14H2,1H3. The molecular formula is C25H25. The third kappa shape index (κ3) is 4.70. The SMILES string of the molecule is [CH2]c1cccc(C=CCC(c2ccccc2)c2ccc(CC)cc2)c1. The minimum atomic E-state index is 0.381. The molecule has 0 saturated heterocycles. The van der Waals surface area contributed by atoms with Crippen molar-refractivity contribution in [2.45, 2.75) is 25.7 Å². The summed E-state index contributed by atoms with van der Waals surface area (Å²) in [6, 6.07) is 28.2. The van der Waals surface area contributed by atoms with Crippen LogP contribution in [-0.2, 0) is 6.42 Å². The van der Waals surface area contributed by atoms with Crippen molar-refractivity contribution in [1.29, 1.82) is 0 Å². The Morgan fingerprint density at radius 2 is 1.56 bits per heavy atom. The zero-order valence-electron chi connectivity index (χ0n) is 14.9. The first-order chi connectivity index (χ1) is 12.3. The van der Waals surface area contributed by atoms with Crippen LogP contribution in [0.2, 0.25) is 0 Å².